The minimum Gasteiger partial charge on any atom is -0.396 e. The topological polar surface area (TPSA) is 48.4 Å². The number of rotatable bonds is 7. The summed E-state index contributed by atoms with van der Waals surface area (Å²) in [5.41, 5.74) is 2.57. The molecule has 0 spiro atoms. The third-order valence-electron chi connectivity index (χ3n) is 4.62. The van der Waals surface area contributed by atoms with Gasteiger partial charge in [0.1, 0.15) is 5.82 Å². The summed E-state index contributed by atoms with van der Waals surface area (Å²) in [6.45, 7) is 4.50. The summed E-state index contributed by atoms with van der Waals surface area (Å²) in [6.07, 6.45) is 9.11. The predicted molar refractivity (Wildman–Crippen MR) is 85.5 cm³/mol. The number of hydrogen-bond acceptors (Lipinski definition) is 4. The smallest absolute Gasteiger partial charge is 0.131 e. The van der Waals surface area contributed by atoms with Gasteiger partial charge in [-0.2, -0.15) is 0 Å². The number of aliphatic hydroxyl groups is 1. The highest BCUT2D eigenvalue weighted by Gasteiger charge is 2.26. The second-order valence-electron chi connectivity index (χ2n) is 6.49. The number of nitrogens with one attached hydrogen (secondary N) is 1. The van der Waals surface area contributed by atoms with Gasteiger partial charge in [0.2, 0.25) is 0 Å². The van der Waals surface area contributed by atoms with Crippen LogP contribution >= 0.6 is 0 Å². The van der Waals surface area contributed by atoms with Crippen molar-refractivity contribution in [2.24, 2.45) is 0 Å². The van der Waals surface area contributed by atoms with Crippen molar-refractivity contribution in [1.82, 2.24) is 10.3 Å². The first-order chi connectivity index (χ1) is 10.3. The van der Waals surface area contributed by atoms with Crippen molar-refractivity contribution in [2.75, 3.05) is 18.1 Å². The number of aliphatic hydroxyl groups excluding tert-OH is 1. The van der Waals surface area contributed by atoms with Crippen molar-refractivity contribution in [1.29, 1.82) is 0 Å². The molecular weight excluding hydrogens is 262 g/mol. The van der Waals surface area contributed by atoms with E-state index in [-0.39, 0.29) is 0 Å². The number of hydrogen-bond donors (Lipinski definition) is 2. The van der Waals surface area contributed by atoms with Gasteiger partial charge >= 0.3 is 0 Å². The van der Waals surface area contributed by atoms with Crippen LogP contribution in [0.3, 0.4) is 0 Å². The van der Waals surface area contributed by atoms with Crippen LogP contribution in [0, 0.1) is 6.92 Å². The summed E-state index contributed by atoms with van der Waals surface area (Å²) in [6, 6.07) is 3.57. The van der Waals surface area contributed by atoms with Gasteiger partial charge in [-0.1, -0.05) is 0 Å². The molecule has 1 aliphatic carbocycles. The summed E-state index contributed by atoms with van der Waals surface area (Å²) < 4.78 is 0. The third kappa shape index (κ3) is 3.74. The first-order valence-corrected chi connectivity index (χ1v) is 8.34. The van der Waals surface area contributed by atoms with Crippen LogP contribution in [-0.2, 0) is 6.54 Å². The van der Waals surface area contributed by atoms with Gasteiger partial charge < -0.3 is 15.3 Å². The molecule has 0 amide bonds. The van der Waals surface area contributed by atoms with Crippen molar-refractivity contribution >= 4 is 5.82 Å². The van der Waals surface area contributed by atoms with Crippen LogP contribution in [0.1, 0.15) is 49.7 Å². The van der Waals surface area contributed by atoms with E-state index in [0.29, 0.717) is 12.6 Å². The fraction of sp³-hybridized carbons (Fsp3) is 0.706. The summed E-state index contributed by atoms with van der Waals surface area (Å²) >= 11 is 0. The lowest BCUT2D eigenvalue weighted by Gasteiger charge is -2.27. The summed E-state index contributed by atoms with van der Waals surface area (Å²) in [5, 5.41) is 12.6. The SMILES string of the molecule is Cc1cc(CNC2CC2)cnc1N1CCCC1CCCO. The van der Waals surface area contributed by atoms with Crippen molar-refractivity contribution in [3.8, 4) is 0 Å². The lowest BCUT2D eigenvalue weighted by Crippen LogP contribution is -2.31. The lowest BCUT2D eigenvalue weighted by molar-refractivity contribution is 0.279. The number of aryl methyl sites for hydroxylation is 1. The zero-order valence-electron chi connectivity index (χ0n) is 13.0. The molecule has 0 bridgehead atoms. The highest BCUT2D eigenvalue weighted by atomic mass is 16.2. The Bertz CT molecular complexity index is 473. The average molecular weight is 289 g/mol. The predicted octanol–water partition coefficient (Wildman–Crippen LogP) is 2.38. The monoisotopic (exact) mass is 289 g/mol. The van der Waals surface area contributed by atoms with E-state index >= 15 is 0 Å². The minimum atomic E-state index is 0.294. The Balaban J connectivity index is 1.65. The Labute approximate surface area is 127 Å². The lowest BCUT2D eigenvalue weighted by atomic mass is 10.1. The molecule has 2 fully saturated rings. The first kappa shape index (κ1) is 14.8. The van der Waals surface area contributed by atoms with E-state index in [1.54, 1.807) is 0 Å². The maximum atomic E-state index is 9.04. The Morgan fingerprint density at radius 1 is 1.38 bits per heavy atom. The number of aromatic nitrogens is 1. The quantitative estimate of drug-likeness (QED) is 0.809. The number of pyridine rings is 1. The van der Waals surface area contributed by atoms with E-state index in [4.69, 9.17) is 10.1 Å². The van der Waals surface area contributed by atoms with Crippen LogP contribution in [0.5, 0.6) is 0 Å². The van der Waals surface area contributed by atoms with Crippen LogP contribution in [0.2, 0.25) is 0 Å². The number of anilines is 1. The molecule has 1 saturated carbocycles. The number of nitrogens with zero attached hydrogens (tertiary/aromatic N) is 2. The molecule has 21 heavy (non-hydrogen) atoms. The van der Waals surface area contributed by atoms with E-state index in [1.165, 1.54) is 36.8 Å². The molecule has 4 nitrogen and oxygen atoms in total. The molecule has 1 saturated heterocycles. The normalized spacial score (nSPS) is 22.0. The van der Waals surface area contributed by atoms with Gasteiger partial charge in [0, 0.05) is 38.0 Å². The van der Waals surface area contributed by atoms with Gasteiger partial charge in [-0.25, -0.2) is 4.98 Å². The van der Waals surface area contributed by atoms with Crippen molar-refractivity contribution in [3.05, 3.63) is 23.4 Å². The Hall–Kier alpha value is -1.13. The Morgan fingerprint density at radius 2 is 2.24 bits per heavy atom. The molecule has 1 aromatic heterocycles. The zero-order valence-corrected chi connectivity index (χ0v) is 13.0. The molecule has 3 rings (SSSR count). The Kier molecular flexibility index (Phi) is 4.76. The highest BCUT2D eigenvalue weighted by molar-refractivity contribution is 5.49. The first-order valence-electron chi connectivity index (χ1n) is 8.34. The molecule has 2 heterocycles. The molecular formula is C17H27N3O. The molecule has 0 aromatic carbocycles. The van der Waals surface area contributed by atoms with Gasteiger partial charge in [0.25, 0.3) is 0 Å². The minimum absolute atomic E-state index is 0.294. The van der Waals surface area contributed by atoms with Gasteiger partial charge in [0.05, 0.1) is 0 Å². The van der Waals surface area contributed by atoms with Gasteiger partial charge in [-0.3, -0.25) is 0 Å². The maximum Gasteiger partial charge on any atom is 0.131 e. The van der Waals surface area contributed by atoms with Crippen molar-refractivity contribution < 1.29 is 5.11 Å². The molecule has 1 atom stereocenters. The van der Waals surface area contributed by atoms with E-state index < -0.39 is 0 Å². The standard InChI is InChI=1S/C17H27N3O/c1-13-10-14(11-18-15-6-7-15)12-19-17(13)20-8-2-4-16(20)5-3-9-21/h10,12,15-16,18,21H,2-9,11H2,1H3. The van der Waals surface area contributed by atoms with Crippen LogP contribution in [0.4, 0.5) is 5.82 Å². The molecule has 2 aliphatic rings. The summed E-state index contributed by atoms with van der Waals surface area (Å²) in [5.74, 6) is 1.14. The van der Waals surface area contributed by atoms with Gasteiger partial charge in [0.15, 0.2) is 0 Å². The zero-order chi connectivity index (χ0) is 14.7. The highest BCUT2D eigenvalue weighted by Crippen LogP contribution is 2.29. The van der Waals surface area contributed by atoms with Crippen molar-refractivity contribution in [3.63, 3.8) is 0 Å². The molecule has 1 aromatic rings. The Morgan fingerprint density at radius 3 is 2.95 bits per heavy atom. The second-order valence-corrected chi connectivity index (χ2v) is 6.49. The third-order valence-corrected chi connectivity index (χ3v) is 4.62. The van der Waals surface area contributed by atoms with E-state index in [2.05, 4.69) is 23.2 Å². The molecule has 1 aliphatic heterocycles. The maximum absolute atomic E-state index is 9.04. The molecule has 116 valence electrons. The van der Waals surface area contributed by atoms with Crippen LogP contribution in [0.15, 0.2) is 12.3 Å². The van der Waals surface area contributed by atoms with Crippen molar-refractivity contribution in [2.45, 2.75) is 64.1 Å². The van der Waals surface area contributed by atoms with Crippen LogP contribution in [-0.4, -0.2) is 35.3 Å². The largest absolute Gasteiger partial charge is 0.396 e. The van der Waals surface area contributed by atoms with Gasteiger partial charge in [-0.05, 0) is 62.6 Å². The van der Waals surface area contributed by atoms with E-state index in [1.807, 2.05) is 6.20 Å². The summed E-state index contributed by atoms with van der Waals surface area (Å²) in [4.78, 5) is 7.19. The molecule has 4 heteroatoms. The molecule has 2 N–H and O–H groups in total. The van der Waals surface area contributed by atoms with Crippen LogP contribution < -0.4 is 10.2 Å². The molecule has 1 unspecified atom stereocenters. The fourth-order valence-corrected chi connectivity index (χ4v) is 3.31. The summed E-state index contributed by atoms with van der Waals surface area (Å²) in [7, 11) is 0. The average Bonchev–Trinajstić information content (AvgIpc) is 3.21. The van der Waals surface area contributed by atoms with E-state index in [0.717, 1.165) is 37.8 Å². The second kappa shape index (κ2) is 6.75. The molecule has 0 radical (unpaired) electrons. The van der Waals surface area contributed by atoms with Gasteiger partial charge in [-0.15, -0.1) is 0 Å². The van der Waals surface area contributed by atoms with E-state index in [9.17, 15) is 0 Å². The van der Waals surface area contributed by atoms with Crippen LogP contribution in [0.25, 0.3) is 0 Å². The fourth-order valence-electron chi connectivity index (χ4n) is 3.31.